The second-order valence-corrected chi connectivity index (χ2v) is 7.78. The highest BCUT2D eigenvalue weighted by Crippen LogP contribution is 2.38. The first-order valence-corrected chi connectivity index (χ1v) is 10.1. The van der Waals surface area contributed by atoms with Crippen molar-refractivity contribution in [2.45, 2.75) is 11.8 Å². The number of hydrogen-bond acceptors (Lipinski definition) is 7. The molecule has 0 bridgehead atoms. The lowest BCUT2D eigenvalue weighted by molar-refractivity contribution is -0.137. The average molecular weight is 417 g/mol. The Hall–Kier alpha value is -3.33. The van der Waals surface area contributed by atoms with E-state index in [-0.39, 0.29) is 34.0 Å². The van der Waals surface area contributed by atoms with Crippen LogP contribution in [-0.4, -0.2) is 45.4 Å². The van der Waals surface area contributed by atoms with E-state index in [1.165, 1.54) is 31.4 Å². The summed E-state index contributed by atoms with van der Waals surface area (Å²) in [6.45, 7) is 1.52. The number of carbonyl (C=O) groups excluding carboxylic acids is 2. The van der Waals surface area contributed by atoms with Crippen molar-refractivity contribution in [2.75, 3.05) is 20.8 Å². The maximum absolute atomic E-state index is 13.0. The number of benzene rings is 2. The van der Waals surface area contributed by atoms with Gasteiger partial charge in [-0.25, -0.2) is 18.0 Å². The van der Waals surface area contributed by atoms with E-state index in [1.807, 2.05) is 0 Å². The van der Waals surface area contributed by atoms with Gasteiger partial charge >= 0.3 is 11.9 Å². The van der Waals surface area contributed by atoms with Crippen molar-refractivity contribution >= 4 is 27.7 Å². The molecule has 1 aliphatic heterocycles. The average Bonchev–Trinajstić information content (AvgIpc) is 2.74. The van der Waals surface area contributed by atoms with Gasteiger partial charge in [-0.2, -0.15) is 0 Å². The molecule has 0 saturated heterocycles. The van der Waals surface area contributed by atoms with E-state index < -0.39 is 22.0 Å². The number of likely N-dealkylation sites (N-methyl/N-ethyl adjacent to an activating group) is 1. The van der Waals surface area contributed by atoms with E-state index in [1.54, 1.807) is 31.2 Å². The van der Waals surface area contributed by atoms with Gasteiger partial charge < -0.3 is 14.2 Å². The van der Waals surface area contributed by atoms with Crippen molar-refractivity contribution < 1.29 is 32.2 Å². The maximum Gasteiger partial charge on any atom is 0.359 e. The molecule has 9 heteroatoms. The fourth-order valence-electron chi connectivity index (χ4n) is 2.96. The summed E-state index contributed by atoms with van der Waals surface area (Å²) in [4.78, 5) is 25.1. The molecular weight excluding hydrogens is 398 g/mol. The van der Waals surface area contributed by atoms with Crippen molar-refractivity contribution in [2.24, 2.45) is 0 Å². The highest BCUT2D eigenvalue weighted by Gasteiger charge is 2.41. The number of methoxy groups -OCH3 is 2. The predicted molar refractivity (Wildman–Crippen MR) is 103 cm³/mol. The Bertz CT molecular complexity index is 1090. The maximum atomic E-state index is 13.0. The quantitative estimate of drug-likeness (QED) is 0.689. The lowest BCUT2D eigenvalue weighted by Crippen LogP contribution is -2.39. The molecule has 2 aromatic carbocycles. The summed E-state index contributed by atoms with van der Waals surface area (Å²) < 4.78 is 42.2. The molecule has 0 aliphatic carbocycles. The van der Waals surface area contributed by atoms with E-state index in [2.05, 4.69) is 0 Å². The van der Waals surface area contributed by atoms with Gasteiger partial charge in [-0.1, -0.05) is 12.1 Å². The molecule has 1 aliphatic rings. The monoisotopic (exact) mass is 417 g/mol. The number of carbonyl (C=O) groups is 2. The van der Waals surface area contributed by atoms with Crippen LogP contribution in [0.3, 0.4) is 0 Å². The van der Waals surface area contributed by atoms with E-state index in [4.69, 9.17) is 14.2 Å². The van der Waals surface area contributed by atoms with Gasteiger partial charge in [0.25, 0.3) is 10.0 Å². The van der Waals surface area contributed by atoms with Crippen LogP contribution in [0.5, 0.6) is 5.75 Å². The topological polar surface area (TPSA) is 99.2 Å². The summed E-state index contributed by atoms with van der Waals surface area (Å²) in [5.41, 5.74) is -0.0356. The first-order chi connectivity index (χ1) is 13.8. The van der Waals surface area contributed by atoms with Gasteiger partial charge in [0.2, 0.25) is 0 Å². The molecule has 3 rings (SSSR count). The number of hydrogen-bond donors (Lipinski definition) is 0. The SMILES string of the molecule is CCN1C(C(=O)OC)=C(OC(=O)c2ccc(OC)cc2)c2ccccc2S1(=O)=O. The Balaban J connectivity index is 2.16. The van der Waals surface area contributed by atoms with Gasteiger partial charge in [-0.15, -0.1) is 0 Å². The normalized spacial score (nSPS) is 14.8. The van der Waals surface area contributed by atoms with Crippen molar-refractivity contribution in [3.63, 3.8) is 0 Å². The number of nitrogens with zero attached hydrogens (tertiary/aromatic N) is 1. The fourth-order valence-corrected chi connectivity index (χ4v) is 4.62. The minimum Gasteiger partial charge on any atom is -0.497 e. The van der Waals surface area contributed by atoms with Crippen LogP contribution in [0.15, 0.2) is 59.1 Å². The van der Waals surface area contributed by atoms with Crippen LogP contribution in [0, 0.1) is 0 Å². The first kappa shape index (κ1) is 20.4. The van der Waals surface area contributed by atoms with Gasteiger partial charge in [0.1, 0.15) is 5.75 Å². The lowest BCUT2D eigenvalue weighted by Gasteiger charge is -2.31. The van der Waals surface area contributed by atoms with Crippen LogP contribution in [0.2, 0.25) is 0 Å². The Labute approximate surface area is 168 Å². The van der Waals surface area contributed by atoms with Gasteiger partial charge in [0.05, 0.1) is 24.7 Å². The summed E-state index contributed by atoms with van der Waals surface area (Å²) in [7, 11) is -1.39. The van der Waals surface area contributed by atoms with E-state index in [0.717, 1.165) is 11.4 Å². The van der Waals surface area contributed by atoms with E-state index in [9.17, 15) is 18.0 Å². The zero-order valence-electron chi connectivity index (χ0n) is 16.0. The molecule has 0 unspecified atom stereocenters. The minimum absolute atomic E-state index is 0.0509. The fraction of sp³-hybridized carbons (Fsp3) is 0.200. The Kier molecular flexibility index (Phi) is 5.60. The van der Waals surface area contributed by atoms with Crippen molar-refractivity contribution in [3.05, 3.63) is 65.4 Å². The van der Waals surface area contributed by atoms with Gasteiger partial charge in [0, 0.05) is 12.1 Å². The zero-order valence-corrected chi connectivity index (χ0v) is 16.9. The van der Waals surface area contributed by atoms with Crippen molar-refractivity contribution in [1.29, 1.82) is 0 Å². The van der Waals surface area contributed by atoms with E-state index >= 15 is 0 Å². The summed E-state index contributed by atoms with van der Waals surface area (Å²) in [5.74, 6) is -1.30. The summed E-state index contributed by atoms with van der Waals surface area (Å²) in [6.07, 6.45) is 0. The minimum atomic E-state index is -4.01. The van der Waals surface area contributed by atoms with Gasteiger partial charge in [0.15, 0.2) is 11.5 Å². The molecule has 0 saturated carbocycles. The number of esters is 2. The predicted octanol–water partition coefficient (Wildman–Crippen LogP) is 2.42. The molecule has 0 atom stereocenters. The highest BCUT2D eigenvalue weighted by molar-refractivity contribution is 7.89. The molecule has 8 nitrogen and oxygen atoms in total. The summed E-state index contributed by atoms with van der Waals surface area (Å²) >= 11 is 0. The highest BCUT2D eigenvalue weighted by atomic mass is 32.2. The number of ether oxygens (including phenoxy) is 3. The van der Waals surface area contributed by atoms with Crippen molar-refractivity contribution in [3.8, 4) is 5.75 Å². The standard InChI is InChI=1S/C20H19NO7S/c1-4-21-17(20(23)27-3)18(15-7-5-6-8-16(15)29(21,24)25)28-19(22)13-9-11-14(26-2)12-10-13/h5-12H,4H2,1-3H3. The smallest absolute Gasteiger partial charge is 0.359 e. The number of rotatable bonds is 5. The molecule has 1 heterocycles. The second kappa shape index (κ2) is 7.96. The van der Waals surface area contributed by atoms with Crippen LogP contribution < -0.4 is 4.74 Å². The van der Waals surface area contributed by atoms with E-state index in [0.29, 0.717) is 5.75 Å². The molecule has 0 spiro atoms. The van der Waals surface area contributed by atoms with Gasteiger partial charge in [-0.05, 0) is 43.3 Å². The third kappa shape index (κ3) is 3.56. The molecule has 152 valence electrons. The molecule has 0 aromatic heterocycles. The largest absolute Gasteiger partial charge is 0.497 e. The van der Waals surface area contributed by atoms with Crippen molar-refractivity contribution in [1.82, 2.24) is 4.31 Å². The molecule has 2 aromatic rings. The Morgan fingerprint density at radius 1 is 0.966 bits per heavy atom. The van der Waals surface area contributed by atoms with Crippen LogP contribution in [0.25, 0.3) is 5.76 Å². The first-order valence-electron chi connectivity index (χ1n) is 8.66. The van der Waals surface area contributed by atoms with Crippen LogP contribution in [0.4, 0.5) is 0 Å². The third-order valence-corrected chi connectivity index (χ3v) is 6.28. The third-order valence-electron chi connectivity index (χ3n) is 4.35. The number of sulfonamides is 1. The van der Waals surface area contributed by atoms with Crippen LogP contribution in [-0.2, 0) is 24.3 Å². The Morgan fingerprint density at radius 2 is 1.62 bits per heavy atom. The lowest BCUT2D eigenvalue weighted by atomic mass is 10.1. The Morgan fingerprint density at radius 3 is 2.21 bits per heavy atom. The second-order valence-electron chi connectivity index (χ2n) is 5.95. The molecule has 29 heavy (non-hydrogen) atoms. The molecule has 0 amide bonds. The zero-order chi connectivity index (χ0) is 21.2. The summed E-state index contributed by atoms with van der Waals surface area (Å²) in [6, 6.07) is 12.2. The molecule has 0 N–H and O–H groups in total. The molecule has 0 fully saturated rings. The summed E-state index contributed by atoms with van der Waals surface area (Å²) in [5, 5.41) is 0. The van der Waals surface area contributed by atoms with Gasteiger partial charge in [-0.3, -0.25) is 4.31 Å². The van der Waals surface area contributed by atoms with Crippen LogP contribution in [0.1, 0.15) is 22.8 Å². The number of fused-ring (bicyclic) bond motifs is 1. The molecule has 0 radical (unpaired) electrons. The van der Waals surface area contributed by atoms with Crippen LogP contribution >= 0.6 is 0 Å². The molecular formula is C20H19NO7S.